The quantitative estimate of drug-likeness (QED) is 0.825. The number of rotatable bonds is 3. The molecular formula is C11H16N2O2S. The molecule has 0 unspecified atom stereocenters. The minimum Gasteiger partial charge on any atom is -0.270 e. The van der Waals surface area contributed by atoms with Crippen molar-refractivity contribution in [2.75, 3.05) is 0 Å². The number of amides is 1. The summed E-state index contributed by atoms with van der Waals surface area (Å²) < 4.78 is 0. The van der Waals surface area contributed by atoms with Crippen molar-refractivity contribution in [2.24, 2.45) is 0 Å². The van der Waals surface area contributed by atoms with E-state index in [0.717, 1.165) is 23.5 Å². The molecule has 1 aliphatic carbocycles. The van der Waals surface area contributed by atoms with Gasteiger partial charge in [-0.1, -0.05) is 12.8 Å². The molecular weight excluding hydrogens is 224 g/mol. The predicted molar refractivity (Wildman–Crippen MR) is 62.4 cm³/mol. The zero-order chi connectivity index (χ0) is 11.5. The van der Waals surface area contributed by atoms with E-state index in [1.165, 1.54) is 24.2 Å². The van der Waals surface area contributed by atoms with Gasteiger partial charge in [0.15, 0.2) is 0 Å². The minimum absolute atomic E-state index is 0.171. The number of hydroxylamine groups is 1. The fourth-order valence-corrected chi connectivity index (χ4v) is 2.74. The zero-order valence-electron chi connectivity index (χ0n) is 9.58. The smallest absolute Gasteiger partial charge is 0.270 e. The highest BCUT2D eigenvalue weighted by Gasteiger charge is 2.19. The number of hydrogen-bond donors (Lipinski definition) is 1. The maximum atomic E-state index is 11.8. The van der Waals surface area contributed by atoms with E-state index in [1.807, 2.05) is 13.8 Å². The van der Waals surface area contributed by atoms with Crippen molar-refractivity contribution in [2.45, 2.75) is 45.6 Å². The molecule has 0 saturated heterocycles. The van der Waals surface area contributed by atoms with Gasteiger partial charge in [0.2, 0.25) is 0 Å². The molecule has 0 aliphatic heterocycles. The Balaban J connectivity index is 1.90. The summed E-state index contributed by atoms with van der Waals surface area (Å²) in [7, 11) is 0. The molecule has 1 saturated carbocycles. The van der Waals surface area contributed by atoms with E-state index in [9.17, 15) is 4.79 Å². The van der Waals surface area contributed by atoms with Crippen LogP contribution in [-0.2, 0) is 4.84 Å². The SMILES string of the molecule is Cc1nc(C)c(C(=O)NOC2CCCC2)s1. The number of aryl methyl sites for hydroxylation is 2. The Bertz CT molecular complexity index is 383. The molecule has 1 aromatic heterocycles. The van der Waals surface area contributed by atoms with Gasteiger partial charge >= 0.3 is 0 Å². The van der Waals surface area contributed by atoms with Gasteiger partial charge in [0.25, 0.3) is 5.91 Å². The van der Waals surface area contributed by atoms with Crippen LogP contribution in [0.15, 0.2) is 0 Å². The molecule has 5 heteroatoms. The maximum Gasteiger partial charge on any atom is 0.286 e. The number of hydrogen-bond acceptors (Lipinski definition) is 4. The summed E-state index contributed by atoms with van der Waals surface area (Å²) in [6, 6.07) is 0. The second-order valence-corrected chi connectivity index (χ2v) is 5.31. The molecule has 0 spiro atoms. The van der Waals surface area contributed by atoms with Gasteiger partial charge in [-0.2, -0.15) is 0 Å². The van der Waals surface area contributed by atoms with Gasteiger partial charge in [-0.15, -0.1) is 11.3 Å². The number of nitrogens with zero attached hydrogens (tertiary/aromatic N) is 1. The van der Waals surface area contributed by atoms with Gasteiger partial charge in [-0.3, -0.25) is 9.63 Å². The topological polar surface area (TPSA) is 51.2 Å². The molecule has 1 N–H and O–H groups in total. The summed E-state index contributed by atoms with van der Waals surface area (Å²) in [6.07, 6.45) is 4.67. The van der Waals surface area contributed by atoms with Crippen molar-refractivity contribution in [3.05, 3.63) is 15.6 Å². The highest BCUT2D eigenvalue weighted by atomic mass is 32.1. The number of thiazole rings is 1. The molecule has 88 valence electrons. The summed E-state index contributed by atoms with van der Waals surface area (Å²) in [5, 5.41) is 0.906. The van der Waals surface area contributed by atoms with Gasteiger partial charge in [0, 0.05) is 0 Å². The summed E-state index contributed by atoms with van der Waals surface area (Å²) in [5.74, 6) is -0.171. The van der Waals surface area contributed by atoms with Crippen LogP contribution in [0.3, 0.4) is 0 Å². The number of nitrogens with one attached hydrogen (secondary N) is 1. The normalized spacial score (nSPS) is 16.6. The zero-order valence-corrected chi connectivity index (χ0v) is 10.4. The van der Waals surface area contributed by atoms with Gasteiger partial charge < -0.3 is 0 Å². The highest BCUT2D eigenvalue weighted by Crippen LogP contribution is 2.21. The molecule has 0 bridgehead atoms. The Morgan fingerprint density at radius 1 is 1.44 bits per heavy atom. The summed E-state index contributed by atoms with van der Waals surface area (Å²) in [4.78, 5) is 22.0. The lowest BCUT2D eigenvalue weighted by molar-refractivity contribution is -0.0122. The molecule has 0 aromatic carbocycles. The van der Waals surface area contributed by atoms with Crippen LogP contribution in [0.1, 0.15) is 46.1 Å². The van der Waals surface area contributed by atoms with Crippen molar-refractivity contribution in [1.29, 1.82) is 0 Å². The van der Waals surface area contributed by atoms with Crippen LogP contribution in [-0.4, -0.2) is 17.0 Å². The third-order valence-corrected chi connectivity index (χ3v) is 3.80. The lowest BCUT2D eigenvalue weighted by Crippen LogP contribution is -2.28. The molecule has 1 aliphatic rings. The van der Waals surface area contributed by atoms with E-state index in [0.29, 0.717) is 4.88 Å². The van der Waals surface area contributed by atoms with Crippen LogP contribution < -0.4 is 5.48 Å². The Morgan fingerprint density at radius 2 is 2.12 bits per heavy atom. The summed E-state index contributed by atoms with van der Waals surface area (Å²) >= 11 is 1.40. The second kappa shape index (κ2) is 4.93. The standard InChI is InChI=1S/C11H16N2O2S/c1-7-10(16-8(2)12-7)11(14)13-15-9-5-3-4-6-9/h9H,3-6H2,1-2H3,(H,13,14). The number of aromatic nitrogens is 1. The van der Waals surface area contributed by atoms with Crippen LogP contribution in [0.5, 0.6) is 0 Å². The van der Waals surface area contributed by atoms with E-state index in [4.69, 9.17) is 4.84 Å². The van der Waals surface area contributed by atoms with Gasteiger partial charge in [0.1, 0.15) is 4.88 Å². The summed E-state index contributed by atoms with van der Waals surface area (Å²) in [6.45, 7) is 3.74. The first-order valence-corrected chi connectivity index (χ1v) is 6.38. The van der Waals surface area contributed by atoms with Crippen LogP contribution in [0, 0.1) is 13.8 Å². The van der Waals surface area contributed by atoms with E-state index < -0.39 is 0 Å². The lowest BCUT2D eigenvalue weighted by atomic mass is 10.3. The van der Waals surface area contributed by atoms with Crippen LogP contribution in [0.25, 0.3) is 0 Å². The van der Waals surface area contributed by atoms with E-state index in [-0.39, 0.29) is 12.0 Å². The van der Waals surface area contributed by atoms with Gasteiger partial charge in [-0.25, -0.2) is 10.5 Å². The third-order valence-electron chi connectivity index (χ3n) is 2.73. The molecule has 0 radical (unpaired) electrons. The fourth-order valence-electron chi connectivity index (χ4n) is 1.93. The Morgan fingerprint density at radius 3 is 2.69 bits per heavy atom. The predicted octanol–water partition coefficient (Wildman–Crippen LogP) is 2.36. The van der Waals surface area contributed by atoms with Crippen molar-refractivity contribution in [3.8, 4) is 0 Å². The maximum absolute atomic E-state index is 11.8. The number of carbonyl (C=O) groups excluding carboxylic acids is 1. The average molecular weight is 240 g/mol. The highest BCUT2D eigenvalue weighted by molar-refractivity contribution is 7.13. The first kappa shape index (κ1) is 11.5. The molecule has 0 atom stereocenters. The van der Waals surface area contributed by atoms with E-state index >= 15 is 0 Å². The van der Waals surface area contributed by atoms with Crippen LogP contribution in [0.4, 0.5) is 0 Å². The van der Waals surface area contributed by atoms with Crippen LogP contribution in [0.2, 0.25) is 0 Å². The fraction of sp³-hybridized carbons (Fsp3) is 0.636. The van der Waals surface area contributed by atoms with Crippen LogP contribution >= 0.6 is 11.3 Å². The molecule has 16 heavy (non-hydrogen) atoms. The molecule has 4 nitrogen and oxygen atoms in total. The van der Waals surface area contributed by atoms with Crippen molar-refractivity contribution >= 4 is 17.2 Å². The third kappa shape index (κ3) is 2.59. The van der Waals surface area contributed by atoms with Crippen molar-refractivity contribution < 1.29 is 9.63 Å². The molecule has 2 rings (SSSR count). The molecule has 1 aromatic rings. The van der Waals surface area contributed by atoms with Crippen molar-refractivity contribution in [1.82, 2.24) is 10.5 Å². The Labute approximate surface area is 99.0 Å². The van der Waals surface area contributed by atoms with Gasteiger partial charge in [-0.05, 0) is 26.7 Å². The molecule has 1 amide bonds. The first-order valence-electron chi connectivity index (χ1n) is 5.57. The Hall–Kier alpha value is -0.940. The van der Waals surface area contributed by atoms with E-state index in [1.54, 1.807) is 0 Å². The number of carbonyl (C=O) groups is 1. The molecule has 1 heterocycles. The Kier molecular flexibility index (Phi) is 3.56. The first-order chi connectivity index (χ1) is 7.66. The lowest BCUT2D eigenvalue weighted by Gasteiger charge is -2.10. The van der Waals surface area contributed by atoms with E-state index in [2.05, 4.69) is 10.5 Å². The second-order valence-electron chi connectivity index (χ2n) is 4.10. The monoisotopic (exact) mass is 240 g/mol. The molecule has 1 fully saturated rings. The largest absolute Gasteiger partial charge is 0.286 e. The average Bonchev–Trinajstić information content (AvgIpc) is 2.84. The minimum atomic E-state index is -0.171. The van der Waals surface area contributed by atoms with Crippen molar-refractivity contribution in [3.63, 3.8) is 0 Å². The summed E-state index contributed by atoms with van der Waals surface area (Å²) in [5.41, 5.74) is 3.30. The van der Waals surface area contributed by atoms with Gasteiger partial charge in [0.05, 0.1) is 16.8 Å².